The highest BCUT2D eigenvalue weighted by atomic mass is 32.2. The molecule has 3 atom stereocenters. The lowest BCUT2D eigenvalue weighted by molar-refractivity contribution is 0.122. The smallest absolute Gasteiger partial charge is 0.238 e. The molecular weight excluding hydrogens is 591 g/mol. The van der Waals surface area contributed by atoms with E-state index in [9.17, 15) is 8.42 Å². The zero-order chi connectivity index (χ0) is 33.3. The maximum Gasteiger partial charge on any atom is 0.238 e. The Labute approximate surface area is 274 Å². The van der Waals surface area contributed by atoms with Gasteiger partial charge in [0, 0.05) is 16.6 Å². The second kappa shape index (κ2) is 11.6. The number of aromatic nitrogens is 4. The molecule has 0 spiro atoms. The Hall–Kier alpha value is -3.49. The first-order valence-corrected chi connectivity index (χ1v) is 18.3. The number of nitrogens with zero attached hydrogens (tertiary/aromatic N) is 4. The van der Waals surface area contributed by atoms with E-state index in [4.69, 9.17) is 15.2 Å². The third-order valence-electron chi connectivity index (χ3n) is 10.6. The van der Waals surface area contributed by atoms with Crippen LogP contribution in [0.2, 0.25) is 0 Å². The van der Waals surface area contributed by atoms with Crippen LogP contribution in [0.3, 0.4) is 0 Å². The molecule has 46 heavy (non-hydrogen) atoms. The van der Waals surface area contributed by atoms with Gasteiger partial charge in [-0.25, -0.2) is 18.5 Å². The first-order valence-electron chi connectivity index (χ1n) is 16.8. The lowest BCUT2D eigenvalue weighted by atomic mass is 9.64. The van der Waals surface area contributed by atoms with Gasteiger partial charge < -0.3 is 4.57 Å². The Morgan fingerprint density at radius 1 is 0.978 bits per heavy atom. The Morgan fingerprint density at radius 3 is 2.22 bits per heavy atom. The first kappa shape index (κ1) is 32.5. The molecule has 244 valence electrons. The largest absolute Gasteiger partial charge is 0.324 e. The number of primary sulfonamides is 1. The summed E-state index contributed by atoms with van der Waals surface area (Å²) >= 11 is 0. The van der Waals surface area contributed by atoms with E-state index in [1.807, 2.05) is 12.1 Å². The number of rotatable bonds is 7. The van der Waals surface area contributed by atoms with Crippen LogP contribution in [0.4, 0.5) is 0 Å². The summed E-state index contributed by atoms with van der Waals surface area (Å²) in [6.45, 7) is 20.1. The maximum absolute atomic E-state index is 12.0. The van der Waals surface area contributed by atoms with E-state index in [2.05, 4.69) is 89.6 Å². The van der Waals surface area contributed by atoms with Gasteiger partial charge >= 0.3 is 0 Å². The highest BCUT2D eigenvalue weighted by Gasteiger charge is 2.42. The van der Waals surface area contributed by atoms with Gasteiger partial charge in [0.05, 0.1) is 21.8 Å². The fourth-order valence-corrected chi connectivity index (χ4v) is 9.11. The molecule has 1 saturated carbocycles. The maximum atomic E-state index is 12.0. The number of sulfonamides is 1. The van der Waals surface area contributed by atoms with Crippen molar-refractivity contribution in [3.05, 3.63) is 81.8 Å². The van der Waals surface area contributed by atoms with Crippen LogP contribution >= 0.6 is 0 Å². The van der Waals surface area contributed by atoms with E-state index in [1.54, 1.807) is 12.1 Å². The molecule has 1 fully saturated rings. The third-order valence-corrected chi connectivity index (χ3v) is 11.5. The van der Waals surface area contributed by atoms with Crippen molar-refractivity contribution in [1.82, 2.24) is 19.2 Å². The Kier molecular flexibility index (Phi) is 8.21. The molecule has 8 heteroatoms. The zero-order valence-electron chi connectivity index (χ0n) is 28.9. The molecule has 0 bridgehead atoms. The standard InChI is InChI=1S/C38H49N5O2S/c1-10-11-29-20-32-26(7)40-36-35(34-24(5)18-23(4)19-25(34)6)27(8)41-43(36)37(32)42(29)38(9)17-16-31(22(2)3)33(21-38)28-12-14-30(15-13-28)46(39,44)45/h12-15,18-20,22,31,33H,10-11,16-17,21H2,1-9H3,(H2,39,44,45). The van der Waals surface area contributed by atoms with Crippen LogP contribution in [-0.2, 0) is 22.0 Å². The van der Waals surface area contributed by atoms with Gasteiger partial charge in [-0.05, 0) is 125 Å². The van der Waals surface area contributed by atoms with Crippen molar-refractivity contribution in [2.75, 3.05) is 0 Å². The Balaban J connectivity index is 1.58. The normalized spacial score (nSPS) is 20.8. The van der Waals surface area contributed by atoms with Gasteiger partial charge in [-0.2, -0.15) is 9.61 Å². The van der Waals surface area contributed by atoms with Crippen LogP contribution in [0.5, 0.6) is 0 Å². The van der Waals surface area contributed by atoms with Crippen molar-refractivity contribution in [3.63, 3.8) is 0 Å². The van der Waals surface area contributed by atoms with Crippen LogP contribution in [0, 0.1) is 46.5 Å². The molecule has 1 aliphatic rings. The van der Waals surface area contributed by atoms with E-state index < -0.39 is 10.0 Å². The monoisotopic (exact) mass is 639 g/mol. The van der Waals surface area contributed by atoms with E-state index in [1.165, 1.54) is 33.5 Å². The molecule has 5 aromatic rings. The van der Waals surface area contributed by atoms with Crippen molar-refractivity contribution < 1.29 is 8.42 Å². The Morgan fingerprint density at radius 2 is 1.63 bits per heavy atom. The molecule has 2 aromatic carbocycles. The molecular formula is C38H49N5O2S. The summed E-state index contributed by atoms with van der Waals surface area (Å²) in [5, 5.41) is 11.8. The molecule has 6 rings (SSSR count). The predicted molar refractivity (Wildman–Crippen MR) is 188 cm³/mol. The van der Waals surface area contributed by atoms with Crippen LogP contribution in [0.25, 0.3) is 27.8 Å². The van der Waals surface area contributed by atoms with E-state index in [0.717, 1.165) is 65.7 Å². The van der Waals surface area contributed by atoms with Crippen molar-refractivity contribution in [2.24, 2.45) is 17.0 Å². The van der Waals surface area contributed by atoms with E-state index in [0.29, 0.717) is 11.8 Å². The van der Waals surface area contributed by atoms with Gasteiger partial charge in [-0.1, -0.05) is 57.0 Å². The van der Waals surface area contributed by atoms with Gasteiger partial charge in [0.1, 0.15) is 5.65 Å². The fourth-order valence-electron chi connectivity index (χ4n) is 8.60. The SMILES string of the molecule is CCCc1cc2c(C)nc3c(-c4c(C)cc(C)cc4C)c(C)nn3c2n1C1(C)CCC(C(C)C)C(c2ccc(S(N)(=O)=O)cc2)C1. The molecule has 0 aliphatic heterocycles. The quantitative estimate of drug-likeness (QED) is 0.193. The van der Waals surface area contributed by atoms with Crippen molar-refractivity contribution in [3.8, 4) is 11.1 Å². The molecule has 0 amide bonds. The number of aryl methyl sites for hydroxylation is 6. The van der Waals surface area contributed by atoms with Gasteiger partial charge in [0.15, 0.2) is 5.65 Å². The van der Waals surface area contributed by atoms with Crippen molar-refractivity contribution in [2.45, 2.75) is 111 Å². The number of benzene rings is 2. The minimum Gasteiger partial charge on any atom is -0.324 e. The van der Waals surface area contributed by atoms with E-state index >= 15 is 0 Å². The summed E-state index contributed by atoms with van der Waals surface area (Å²) < 4.78 is 28.8. The number of nitrogens with two attached hydrogens (primary N) is 1. The first-order chi connectivity index (χ1) is 21.6. The van der Waals surface area contributed by atoms with Gasteiger partial charge in [0.25, 0.3) is 0 Å². The van der Waals surface area contributed by atoms with Crippen LogP contribution in [0.1, 0.15) is 98.6 Å². The number of hydrogen-bond acceptors (Lipinski definition) is 4. The summed E-state index contributed by atoms with van der Waals surface area (Å²) in [4.78, 5) is 5.40. The van der Waals surface area contributed by atoms with Crippen LogP contribution in [0.15, 0.2) is 47.4 Å². The summed E-state index contributed by atoms with van der Waals surface area (Å²) in [5.74, 6) is 1.25. The topological polar surface area (TPSA) is 95.3 Å². The van der Waals surface area contributed by atoms with Crippen LogP contribution in [-0.4, -0.2) is 27.6 Å². The third kappa shape index (κ3) is 5.37. The minimum absolute atomic E-state index is 0.159. The van der Waals surface area contributed by atoms with Crippen molar-refractivity contribution >= 4 is 26.7 Å². The summed E-state index contributed by atoms with van der Waals surface area (Å²) in [7, 11) is -3.75. The fraction of sp³-hybridized carbons (Fsp3) is 0.474. The average Bonchev–Trinajstić information content (AvgIpc) is 3.51. The van der Waals surface area contributed by atoms with Gasteiger partial charge in [0.2, 0.25) is 10.0 Å². The Bertz CT molecular complexity index is 2050. The molecule has 0 saturated heterocycles. The molecule has 0 radical (unpaired) electrons. The summed E-state index contributed by atoms with van der Waals surface area (Å²) in [6, 6.07) is 14.2. The van der Waals surface area contributed by atoms with E-state index in [-0.39, 0.29) is 16.4 Å². The number of fused-ring (bicyclic) bond motifs is 3. The van der Waals surface area contributed by atoms with Gasteiger partial charge in [-0.15, -0.1) is 0 Å². The zero-order valence-corrected chi connectivity index (χ0v) is 29.7. The second-order valence-corrected chi connectivity index (χ2v) is 16.1. The molecule has 2 N–H and O–H groups in total. The molecule has 3 unspecified atom stereocenters. The molecule has 3 aromatic heterocycles. The highest BCUT2D eigenvalue weighted by molar-refractivity contribution is 7.89. The minimum atomic E-state index is -3.75. The summed E-state index contributed by atoms with van der Waals surface area (Å²) in [5.41, 5.74) is 12.4. The molecule has 7 nitrogen and oxygen atoms in total. The summed E-state index contributed by atoms with van der Waals surface area (Å²) in [6.07, 6.45) is 5.08. The van der Waals surface area contributed by atoms with Crippen molar-refractivity contribution in [1.29, 1.82) is 0 Å². The molecule has 1 aliphatic carbocycles. The highest BCUT2D eigenvalue weighted by Crippen LogP contribution is 2.50. The predicted octanol–water partition coefficient (Wildman–Crippen LogP) is 8.45. The van der Waals surface area contributed by atoms with Gasteiger partial charge in [-0.3, -0.25) is 0 Å². The number of hydrogen-bond donors (Lipinski definition) is 1. The lowest BCUT2D eigenvalue weighted by Crippen LogP contribution is -2.41. The lowest BCUT2D eigenvalue weighted by Gasteiger charge is -2.46. The van der Waals surface area contributed by atoms with Crippen LogP contribution < -0.4 is 5.14 Å². The average molecular weight is 640 g/mol. The second-order valence-electron chi connectivity index (χ2n) is 14.5. The molecule has 3 heterocycles.